The number of aromatic nitrogens is 2. The second kappa shape index (κ2) is 5.29. The predicted molar refractivity (Wildman–Crippen MR) is 75.4 cm³/mol. The molecule has 2 saturated heterocycles. The highest BCUT2D eigenvalue weighted by molar-refractivity contribution is 6.29. The summed E-state index contributed by atoms with van der Waals surface area (Å²) in [7, 11) is 1.75. The van der Waals surface area contributed by atoms with E-state index in [0.717, 1.165) is 0 Å². The van der Waals surface area contributed by atoms with Crippen LogP contribution in [0.1, 0.15) is 19.3 Å². The summed E-state index contributed by atoms with van der Waals surface area (Å²) in [4.78, 5) is 14.3. The van der Waals surface area contributed by atoms with Gasteiger partial charge in [-0.05, 0) is 31.4 Å². The maximum atomic E-state index is 14.7. The van der Waals surface area contributed by atoms with Crippen LogP contribution < -0.4 is 4.90 Å². The minimum absolute atomic E-state index is 0.118. The highest BCUT2D eigenvalue weighted by Crippen LogP contribution is 2.39. The zero-order chi connectivity index (χ0) is 15.1. The fourth-order valence-electron chi connectivity index (χ4n) is 3.46. The predicted octanol–water partition coefficient (Wildman–Crippen LogP) is 2.19. The summed E-state index contributed by atoms with van der Waals surface area (Å²) in [6, 6.07) is 2.22. The maximum absolute atomic E-state index is 14.7. The zero-order valence-electron chi connectivity index (χ0n) is 11.5. The highest BCUT2D eigenvalue weighted by atomic mass is 35.5. The lowest BCUT2D eigenvalue weighted by molar-refractivity contribution is 0.0490. The molecule has 0 aliphatic carbocycles. The number of rotatable bonds is 2. The van der Waals surface area contributed by atoms with Crippen LogP contribution in [0.4, 0.5) is 15.0 Å². The van der Waals surface area contributed by atoms with Crippen molar-refractivity contribution in [1.82, 2.24) is 15.1 Å². The molecule has 0 aromatic carbocycles. The number of amides is 1. The molecule has 2 aliphatic heterocycles. The lowest BCUT2D eigenvalue weighted by Gasteiger charge is -2.43. The molecule has 3 heterocycles. The Balaban J connectivity index is 1.81. The minimum atomic E-state index is -1.23. The molecule has 0 saturated carbocycles. The number of alkyl halides is 1. The second-order valence-corrected chi connectivity index (χ2v) is 5.95. The van der Waals surface area contributed by atoms with Crippen LogP contribution >= 0.6 is 11.6 Å². The summed E-state index contributed by atoms with van der Waals surface area (Å²) < 4.78 is 14.7. The van der Waals surface area contributed by atoms with E-state index in [0.29, 0.717) is 25.1 Å². The van der Waals surface area contributed by atoms with E-state index in [4.69, 9.17) is 11.6 Å². The van der Waals surface area contributed by atoms with Crippen molar-refractivity contribution in [3.63, 3.8) is 0 Å². The Morgan fingerprint density at radius 1 is 1.48 bits per heavy atom. The van der Waals surface area contributed by atoms with Gasteiger partial charge in [-0.1, -0.05) is 11.6 Å². The molecule has 2 fully saturated rings. The van der Waals surface area contributed by atoms with E-state index in [9.17, 15) is 14.3 Å². The molecule has 0 radical (unpaired) electrons. The average Bonchev–Trinajstić information content (AvgIpc) is 2.81. The molecule has 0 spiro atoms. The molecule has 4 atom stereocenters. The first kappa shape index (κ1) is 14.3. The fraction of sp³-hybridized carbons (Fsp3) is 0.615. The SMILES string of the molecule is CN(c1ccc(Cl)nn1)[C@@H]1C[C@H]2CC[C@@H](C1F)N2C(=O)O. The summed E-state index contributed by atoms with van der Waals surface area (Å²) in [6.07, 6.45) is -0.507. The molecule has 1 aromatic heterocycles. The van der Waals surface area contributed by atoms with Crippen LogP contribution in [-0.4, -0.2) is 57.6 Å². The Labute approximate surface area is 126 Å². The number of anilines is 1. The second-order valence-electron chi connectivity index (χ2n) is 5.56. The van der Waals surface area contributed by atoms with Gasteiger partial charge in [-0.3, -0.25) is 4.90 Å². The molecule has 1 amide bonds. The molecule has 1 unspecified atom stereocenters. The molecular formula is C13H16ClFN4O2. The van der Waals surface area contributed by atoms with E-state index in [-0.39, 0.29) is 11.2 Å². The quantitative estimate of drug-likeness (QED) is 0.906. The van der Waals surface area contributed by atoms with Crippen molar-refractivity contribution in [3.8, 4) is 0 Å². The van der Waals surface area contributed by atoms with Gasteiger partial charge >= 0.3 is 6.09 Å². The Kier molecular flexibility index (Phi) is 3.61. The summed E-state index contributed by atoms with van der Waals surface area (Å²) in [5, 5.41) is 17.2. The van der Waals surface area contributed by atoms with Crippen LogP contribution in [0.5, 0.6) is 0 Å². The smallest absolute Gasteiger partial charge is 0.407 e. The van der Waals surface area contributed by atoms with Crippen molar-refractivity contribution >= 4 is 23.5 Å². The molecule has 2 aliphatic rings. The number of hydrogen-bond acceptors (Lipinski definition) is 4. The topological polar surface area (TPSA) is 69.6 Å². The number of piperidine rings is 1. The molecule has 2 bridgehead atoms. The van der Waals surface area contributed by atoms with Crippen LogP contribution in [0.3, 0.4) is 0 Å². The molecular weight excluding hydrogens is 299 g/mol. The molecule has 21 heavy (non-hydrogen) atoms. The van der Waals surface area contributed by atoms with Gasteiger partial charge in [0.15, 0.2) is 11.0 Å². The summed E-state index contributed by atoms with van der Waals surface area (Å²) >= 11 is 5.70. The van der Waals surface area contributed by atoms with Crippen LogP contribution in [0.25, 0.3) is 0 Å². The van der Waals surface area contributed by atoms with Crippen molar-refractivity contribution in [2.45, 2.75) is 43.6 Å². The summed E-state index contributed by atoms with van der Waals surface area (Å²) in [5.74, 6) is 0.537. The third kappa shape index (κ3) is 2.39. The first-order valence-electron chi connectivity index (χ1n) is 6.86. The minimum Gasteiger partial charge on any atom is -0.465 e. The van der Waals surface area contributed by atoms with Crippen LogP contribution in [0, 0.1) is 0 Å². The van der Waals surface area contributed by atoms with Gasteiger partial charge in [0.2, 0.25) is 0 Å². The van der Waals surface area contributed by atoms with Crippen LogP contribution in [0.15, 0.2) is 12.1 Å². The Bertz CT molecular complexity index is 543. The molecule has 8 heteroatoms. The lowest BCUT2D eigenvalue weighted by atomic mass is 9.94. The monoisotopic (exact) mass is 314 g/mol. The number of carboxylic acid groups (broad SMARTS) is 1. The molecule has 6 nitrogen and oxygen atoms in total. The fourth-order valence-corrected chi connectivity index (χ4v) is 3.56. The van der Waals surface area contributed by atoms with Crippen molar-refractivity contribution in [1.29, 1.82) is 0 Å². The van der Waals surface area contributed by atoms with Gasteiger partial charge in [-0.25, -0.2) is 9.18 Å². The van der Waals surface area contributed by atoms with Crippen LogP contribution in [-0.2, 0) is 0 Å². The molecule has 3 rings (SSSR count). The number of halogens is 2. The van der Waals surface area contributed by atoms with Crippen molar-refractivity contribution < 1.29 is 14.3 Å². The molecule has 1 aromatic rings. The van der Waals surface area contributed by atoms with E-state index >= 15 is 0 Å². The van der Waals surface area contributed by atoms with E-state index in [2.05, 4.69) is 10.2 Å². The number of fused-ring (bicyclic) bond motifs is 2. The van der Waals surface area contributed by atoms with Gasteiger partial charge in [0.25, 0.3) is 0 Å². The average molecular weight is 315 g/mol. The van der Waals surface area contributed by atoms with Crippen molar-refractivity contribution in [2.75, 3.05) is 11.9 Å². The standard InChI is InChI=1S/C13H16ClFN4O2/c1-18(11-5-4-10(14)16-17-11)9-6-7-2-3-8(12(9)15)19(7)13(20)21/h4-5,7-9,12H,2-3,6H2,1H3,(H,20,21)/t7-,8+,9-,12?/m1/s1. The number of carbonyl (C=O) groups is 1. The van der Waals surface area contributed by atoms with E-state index < -0.39 is 24.3 Å². The van der Waals surface area contributed by atoms with Crippen molar-refractivity contribution in [3.05, 3.63) is 17.3 Å². The molecule has 114 valence electrons. The number of nitrogens with zero attached hydrogens (tertiary/aromatic N) is 4. The van der Waals surface area contributed by atoms with Gasteiger partial charge in [0.05, 0.1) is 12.1 Å². The first-order valence-corrected chi connectivity index (χ1v) is 7.24. The van der Waals surface area contributed by atoms with Crippen LogP contribution in [0.2, 0.25) is 5.15 Å². The van der Waals surface area contributed by atoms with E-state index in [1.54, 1.807) is 24.1 Å². The van der Waals surface area contributed by atoms with E-state index in [1.807, 2.05) is 0 Å². The van der Waals surface area contributed by atoms with Gasteiger partial charge in [0.1, 0.15) is 6.17 Å². The normalized spacial score (nSPS) is 31.3. The summed E-state index contributed by atoms with van der Waals surface area (Å²) in [5.41, 5.74) is 0. The van der Waals surface area contributed by atoms with Gasteiger partial charge < -0.3 is 10.0 Å². The zero-order valence-corrected chi connectivity index (χ0v) is 12.2. The van der Waals surface area contributed by atoms with Gasteiger partial charge in [0, 0.05) is 13.1 Å². The first-order chi connectivity index (χ1) is 9.99. The Morgan fingerprint density at radius 3 is 2.86 bits per heavy atom. The third-order valence-electron chi connectivity index (χ3n) is 4.49. The lowest BCUT2D eigenvalue weighted by Crippen LogP contribution is -2.58. The third-order valence-corrected chi connectivity index (χ3v) is 4.69. The summed E-state index contributed by atoms with van der Waals surface area (Å²) in [6.45, 7) is 0. The number of hydrogen-bond donors (Lipinski definition) is 1. The molecule has 1 N–H and O–H groups in total. The van der Waals surface area contributed by atoms with Gasteiger partial charge in [-0.15, -0.1) is 10.2 Å². The Morgan fingerprint density at radius 2 is 2.24 bits per heavy atom. The van der Waals surface area contributed by atoms with Gasteiger partial charge in [-0.2, -0.15) is 0 Å². The van der Waals surface area contributed by atoms with E-state index in [1.165, 1.54) is 4.90 Å². The Hall–Kier alpha value is -1.63. The highest BCUT2D eigenvalue weighted by Gasteiger charge is 2.51. The van der Waals surface area contributed by atoms with Crippen molar-refractivity contribution in [2.24, 2.45) is 0 Å². The maximum Gasteiger partial charge on any atom is 0.407 e. The largest absolute Gasteiger partial charge is 0.465 e.